The Balaban J connectivity index is 2.83. The molecule has 2 aromatic rings. The molecule has 2 rings (SSSR count). The molecule has 0 aliphatic carbocycles. The second kappa shape index (κ2) is 6.50. The summed E-state index contributed by atoms with van der Waals surface area (Å²) in [5, 5.41) is 1.14. The Kier molecular flexibility index (Phi) is 5.07. The monoisotopic (exact) mass is 368 g/mol. The summed E-state index contributed by atoms with van der Waals surface area (Å²) in [6, 6.07) is 12.7. The third kappa shape index (κ3) is 2.84. The molecule has 0 fully saturated rings. The molecule has 6 heteroatoms. The Labute approximate surface area is 150 Å². The fourth-order valence-corrected chi connectivity index (χ4v) is 3.53. The number of hydrogen-bond acceptors (Lipinski definition) is 2. The fraction of sp³-hybridized carbons (Fsp3) is 0.125. The van der Waals surface area contributed by atoms with Crippen molar-refractivity contribution in [1.82, 2.24) is 0 Å². The highest BCUT2D eigenvalue weighted by Gasteiger charge is 2.41. The van der Waals surface area contributed by atoms with Gasteiger partial charge in [0, 0.05) is 10.0 Å². The number of aryl methyl sites for hydroxylation is 1. The van der Waals surface area contributed by atoms with Crippen LogP contribution in [0.25, 0.3) is 0 Å². The number of hydrogen-bond donors (Lipinski definition) is 2. The average Bonchev–Trinajstić information content (AvgIpc) is 2.43. The van der Waals surface area contributed by atoms with Crippen molar-refractivity contribution in [3.05, 3.63) is 69.2 Å². The molecule has 4 N–H and O–H groups in total. The number of rotatable bonds is 4. The number of thiocarbonyl (C=S) groups is 2. The van der Waals surface area contributed by atoms with Crippen LogP contribution in [0, 0.1) is 6.92 Å². The molecule has 0 aromatic heterocycles. The minimum atomic E-state index is -1.09. The predicted molar refractivity (Wildman–Crippen MR) is 102 cm³/mol. The third-order valence-corrected chi connectivity index (χ3v) is 4.86. The zero-order valence-electron chi connectivity index (χ0n) is 11.8. The van der Waals surface area contributed by atoms with Crippen molar-refractivity contribution in [2.75, 3.05) is 0 Å². The molecular weight excluding hydrogens is 355 g/mol. The van der Waals surface area contributed by atoms with Crippen LogP contribution in [0.15, 0.2) is 42.5 Å². The fourth-order valence-electron chi connectivity index (χ4n) is 2.40. The quantitative estimate of drug-likeness (QED) is 0.795. The number of halogens is 2. The largest absolute Gasteiger partial charge is 0.392 e. The van der Waals surface area contributed by atoms with Crippen LogP contribution < -0.4 is 11.5 Å². The van der Waals surface area contributed by atoms with E-state index in [0.29, 0.717) is 10.0 Å². The van der Waals surface area contributed by atoms with Gasteiger partial charge in [0.05, 0.1) is 9.98 Å². The van der Waals surface area contributed by atoms with Crippen molar-refractivity contribution in [3.8, 4) is 0 Å². The van der Waals surface area contributed by atoms with Gasteiger partial charge in [-0.05, 0) is 41.8 Å². The van der Waals surface area contributed by atoms with Gasteiger partial charge in [0.1, 0.15) is 5.41 Å². The highest BCUT2D eigenvalue weighted by atomic mass is 35.5. The van der Waals surface area contributed by atoms with Crippen LogP contribution in [0.3, 0.4) is 0 Å². The van der Waals surface area contributed by atoms with Gasteiger partial charge in [-0.1, -0.05) is 71.9 Å². The first-order chi connectivity index (χ1) is 10.3. The third-order valence-electron chi connectivity index (χ3n) is 3.60. The van der Waals surface area contributed by atoms with Gasteiger partial charge < -0.3 is 11.5 Å². The number of nitrogens with two attached hydrogens (primary N) is 2. The van der Waals surface area contributed by atoms with Gasteiger partial charge in [0.25, 0.3) is 0 Å². The maximum atomic E-state index is 6.25. The SMILES string of the molecule is Cc1ccc(C(C(N)=S)(C(N)=S)c2cccc(Cl)c2)cc1Cl. The van der Waals surface area contributed by atoms with Crippen molar-refractivity contribution < 1.29 is 0 Å². The second-order valence-electron chi connectivity index (χ2n) is 4.95. The summed E-state index contributed by atoms with van der Waals surface area (Å²) in [6.07, 6.45) is 0. The lowest BCUT2D eigenvalue weighted by Crippen LogP contribution is -2.50. The Morgan fingerprint density at radius 3 is 2.05 bits per heavy atom. The predicted octanol–water partition coefficient (Wildman–Crippen LogP) is 4.16. The highest BCUT2D eigenvalue weighted by Crippen LogP contribution is 2.36. The topological polar surface area (TPSA) is 52.0 Å². The zero-order valence-corrected chi connectivity index (χ0v) is 14.9. The van der Waals surface area contributed by atoms with E-state index < -0.39 is 5.41 Å². The summed E-state index contributed by atoms with van der Waals surface area (Å²) in [4.78, 5) is 0.310. The molecule has 114 valence electrons. The standard InChI is InChI=1S/C16H14Cl2N2S2/c1-9-5-6-11(8-13(9)18)16(14(19)21,15(20)22)10-3-2-4-12(17)7-10/h2-8H,1H3,(H2,19,21)(H2,20,22). The van der Waals surface area contributed by atoms with Gasteiger partial charge in [0.2, 0.25) is 0 Å². The lowest BCUT2D eigenvalue weighted by molar-refractivity contribution is 0.928. The molecule has 0 spiro atoms. The summed E-state index contributed by atoms with van der Waals surface area (Å²) in [6.45, 7) is 1.91. The van der Waals surface area contributed by atoms with Crippen LogP contribution in [-0.2, 0) is 5.41 Å². The lowest BCUT2D eigenvalue weighted by Gasteiger charge is -2.33. The molecule has 0 bridgehead atoms. The van der Waals surface area contributed by atoms with Gasteiger partial charge in [-0.25, -0.2) is 0 Å². The molecule has 22 heavy (non-hydrogen) atoms. The van der Waals surface area contributed by atoms with Crippen LogP contribution in [0.4, 0.5) is 0 Å². The maximum Gasteiger partial charge on any atom is 0.120 e. The molecule has 2 aromatic carbocycles. The first-order valence-electron chi connectivity index (χ1n) is 6.42. The molecule has 0 amide bonds. The van der Waals surface area contributed by atoms with Crippen molar-refractivity contribution in [1.29, 1.82) is 0 Å². The minimum Gasteiger partial charge on any atom is -0.392 e. The summed E-state index contributed by atoms with van der Waals surface area (Å²) < 4.78 is 0. The second-order valence-corrected chi connectivity index (χ2v) is 6.68. The van der Waals surface area contributed by atoms with E-state index in [1.165, 1.54) is 0 Å². The Morgan fingerprint density at radius 2 is 1.55 bits per heavy atom. The summed E-state index contributed by atoms with van der Waals surface area (Å²) >= 11 is 23.0. The van der Waals surface area contributed by atoms with Crippen LogP contribution in [-0.4, -0.2) is 9.98 Å². The van der Waals surface area contributed by atoms with Crippen LogP contribution in [0.5, 0.6) is 0 Å². The Hall–Kier alpha value is -1.20. The molecule has 0 aliphatic rings. The molecule has 0 atom stereocenters. The van der Waals surface area contributed by atoms with Crippen molar-refractivity contribution in [3.63, 3.8) is 0 Å². The summed E-state index contributed by atoms with van der Waals surface area (Å²) in [5.74, 6) is 0. The zero-order chi connectivity index (χ0) is 16.5. The molecule has 2 nitrogen and oxygen atoms in total. The van der Waals surface area contributed by atoms with Gasteiger partial charge in [0.15, 0.2) is 0 Å². The first-order valence-corrected chi connectivity index (χ1v) is 8.00. The van der Waals surface area contributed by atoms with E-state index in [-0.39, 0.29) is 9.98 Å². The minimum absolute atomic E-state index is 0.155. The Bertz CT molecular complexity index is 746. The van der Waals surface area contributed by atoms with E-state index in [0.717, 1.165) is 16.7 Å². The summed E-state index contributed by atoms with van der Waals surface area (Å²) in [7, 11) is 0. The van der Waals surface area contributed by atoms with E-state index in [1.54, 1.807) is 24.3 Å². The van der Waals surface area contributed by atoms with E-state index in [9.17, 15) is 0 Å². The molecular formula is C16H14Cl2N2S2. The van der Waals surface area contributed by atoms with Crippen LogP contribution in [0.1, 0.15) is 16.7 Å². The molecule has 0 radical (unpaired) electrons. The lowest BCUT2D eigenvalue weighted by atomic mass is 9.74. The Morgan fingerprint density at radius 1 is 0.955 bits per heavy atom. The molecule has 0 unspecified atom stereocenters. The van der Waals surface area contributed by atoms with E-state index >= 15 is 0 Å². The number of benzene rings is 2. The van der Waals surface area contributed by atoms with Crippen LogP contribution >= 0.6 is 47.6 Å². The molecule has 0 heterocycles. The van der Waals surface area contributed by atoms with Crippen LogP contribution in [0.2, 0.25) is 10.0 Å². The van der Waals surface area contributed by atoms with E-state index in [2.05, 4.69) is 0 Å². The van der Waals surface area contributed by atoms with E-state index in [4.69, 9.17) is 59.1 Å². The smallest absolute Gasteiger partial charge is 0.120 e. The molecule has 0 saturated heterocycles. The van der Waals surface area contributed by atoms with Gasteiger partial charge in [-0.3, -0.25) is 0 Å². The summed E-state index contributed by atoms with van der Waals surface area (Å²) in [5.41, 5.74) is 13.4. The normalized spacial score (nSPS) is 11.2. The first kappa shape index (κ1) is 17.2. The highest BCUT2D eigenvalue weighted by molar-refractivity contribution is 7.82. The van der Waals surface area contributed by atoms with Gasteiger partial charge in [-0.15, -0.1) is 0 Å². The molecule has 0 saturated carbocycles. The van der Waals surface area contributed by atoms with Crippen molar-refractivity contribution >= 4 is 57.6 Å². The van der Waals surface area contributed by atoms with Crippen molar-refractivity contribution in [2.45, 2.75) is 12.3 Å². The van der Waals surface area contributed by atoms with Crippen molar-refractivity contribution in [2.24, 2.45) is 11.5 Å². The average molecular weight is 369 g/mol. The maximum absolute atomic E-state index is 6.25. The van der Waals surface area contributed by atoms with Gasteiger partial charge >= 0.3 is 0 Å². The molecule has 0 aliphatic heterocycles. The van der Waals surface area contributed by atoms with E-state index in [1.807, 2.05) is 25.1 Å². The van der Waals surface area contributed by atoms with Gasteiger partial charge in [-0.2, -0.15) is 0 Å².